The van der Waals surface area contributed by atoms with E-state index in [2.05, 4.69) is 22.8 Å². The third kappa shape index (κ3) is 1.87. The fourth-order valence-electron chi connectivity index (χ4n) is 2.41. The average molecular weight is 313 g/mol. The summed E-state index contributed by atoms with van der Waals surface area (Å²) in [6.07, 6.45) is 0. The highest BCUT2D eigenvalue weighted by molar-refractivity contribution is 9.10. The zero-order valence-corrected chi connectivity index (χ0v) is 12.0. The second-order valence-corrected chi connectivity index (χ2v) is 5.50. The van der Waals surface area contributed by atoms with Crippen LogP contribution in [0.1, 0.15) is 20.7 Å². The molecule has 0 heterocycles. The molecule has 0 spiro atoms. The summed E-state index contributed by atoms with van der Waals surface area (Å²) >= 11 is 3.42. The van der Waals surface area contributed by atoms with E-state index in [9.17, 15) is 9.59 Å². The van der Waals surface area contributed by atoms with E-state index in [1.165, 1.54) is 0 Å². The van der Waals surface area contributed by atoms with Gasteiger partial charge in [-0.2, -0.15) is 0 Å². The maximum absolute atomic E-state index is 12.1. The van der Waals surface area contributed by atoms with E-state index in [0.29, 0.717) is 11.1 Å². The molecule has 1 aliphatic carbocycles. The lowest BCUT2D eigenvalue weighted by molar-refractivity contribution is 0.0815. The number of ketones is 2. The van der Waals surface area contributed by atoms with Gasteiger partial charge in [0.05, 0.1) is 0 Å². The first kappa shape index (κ1) is 12.4. The van der Waals surface area contributed by atoms with Crippen molar-refractivity contribution in [2.24, 2.45) is 0 Å². The molecule has 2 nitrogen and oxygen atoms in total. The summed E-state index contributed by atoms with van der Waals surface area (Å²) in [7, 11) is 0.902. The molecular formula is C15H10BBrO2. The fourth-order valence-corrected chi connectivity index (χ4v) is 2.78. The third-order valence-electron chi connectivity index (χ3n) is 3.46. The molecule has 0 bridgehead atoms. The minimum atomic E-state index is -0.417. The quantitative estimate of drug-likeness (QED) is 0.599. The SMILES string of the molecule is CBc1ccc2c(c1)-c1cc(Br)ccc1C(=O)C2=O. The first-order valence-electron chi connectivity index (χ1n) is 6.13. The minimum absolute atomic E-state index is 0.410. The summed E-state index contributed by atoms with van der Waals surface area (Å²) in [5.74, 6) is -0.827. The summed E-state index contributed by atoms with van der Waals surface area (Å²) in [6, 6.07) is 11.1. The number of carbonyl (C=O) groups is 2. The van der Waals surface area contributed by atoms with Crippen LogP contribution >= 0.6 is 15.9 Å². The third-order valence-corrected chi connectivity index (χ3v) is 3.95. The Morgan fingerprint density at radius 3 is 2.05 bits per heavy atom. The number of halogens is 1. The van der Waals surface area contributed by atoms with Gasteiger partial charge in [0.15, 0.2) is 7.28 Å². The molecule has 92 valence electrons. The fraction of sp³-hybridized carbons (Fsp3) is 0.0667. The van der Waals surface area contributed by atoms with E-state index in [1.807, 2.05) is 18.2 Å². The second-order valence-electron chi connectivity index (χ2n) is 4.58. The molecule has 0 radical (unpaired) electrons. The van der Waals surface area contributed by atoms with Gasteiger partial charge in [0, 0.05) is 15.6 Å². The molecule has 2 aromatic carbocycles. The van der Waals surface area contributed by atoms with Gasteiger partial charge in [0.2, 0.25) is 11.6 Å². The molecule has 3 rings (SSSR count). The molecule has 19 heavy (non-hydrogen) atoms. The smallest absolute Gasteiger partial charge is 0.234 e. The highest BCUT2D eigenvalue weighted by Gasteiger charge is 2.30. The predicted molar refractivity (Wildman–Crippen MR) is 80.9 cm³/mol. The Morgan fingerprint density at radius 1 is 0.842 bits per heavy atom. The van der Waals surface area contributed by atoms with Crippen LogP contribution in [0.2, 0.25) is 6.82 Å². The van der Waals surface area contributed by atoms with E-state index in [-0.39, 0.29) is 0 Å². The van der Waals surface area contributed by atoms with Gasteiger partial charge in [-0.25, -0.2) is 0 Å². The van der Waals surface area contributed by atoms with Gasteiger partial charge in [-0.3, -0.25) is 9.59 Å². The monoisotopic (exact) mass is 312 g/mol. The summed E-state index contributed by atoms with van der Waals surface area (Å²) < 4.78 is 0.904. The van der Waals surface area contributed by atoms with Crippen molar-refractivity contribution >= 4 is 40.2 Å². The van der Waals surface area contributed by atoms with E-state index in [1.54, 1.807) is 18.2 Å². The van der Waals surface area contributed by atoms with Gasteiger partial charge < -0.3 is 0 Å². The Bertz CT molecular complexity index is 722. The standard InChI is InChI=1S/C15H10BBrO2/c1-16-8-2-4-10-12(6-8)13-7-9(17)3-5-11(13)15(19)14(10)18/h2-7,16H,1H3. The lowest BCUT2D eigenvalue weighted by Crippen LogP contribution is -2.23. The first-order chi connectivity index (χ1) is 9.11. The predicted octanol–water partition coefficient (Wildman–Crippen LogP) is 2.61. The van der Waals surface area contributed by atoms with Crippen molar-refractivity contribution in [3.05, 3.63) is 52.0 Å². The zero-order valence-electron chi connectivity index (χ0n) is 10.4. The molecule has 0 fully saturated rings. The summed E-state index contributed by atoms with van der Waals surface area (Å²) in [5, 5.41) is 0. The largest absolute Gasteiger partial charge is 0.285 e. The minimum Gasteiger partial charge on any atom is -0.285 e. The van der Waals surface area contributed by atoms with Gasteiger partial charge in [-0.1, -0.05) is 46.4 Å². The lowest BCUT2D eigenvalue weighted by atomic mass is 9.71. The van der Waals surface area contributed by atoms with Gasteiger partial charge in [-0.15, -0.1) is 0 Å². The summed E-state index contributed by atoms with van der Waals surface area (Å²) in [4.78, 5) is 24.2. The maximum atomic E-state index is 12.1. The molecule has 4 heteroatoms. The van der Waals surface area contributed by atoms with Crippen LogP contribution in [0.5, 0.6) is 0 Å². The number of hydrogen-bond acceptors (Lipinski definition) is 2. The van der Waals surface area contributed by atoms with E-state index >= 15 is 0 Å². The van der Waals surface area contributed by atoms with Crippen molar-refractivity contribution in [3.63, 3.8) is 0 Å². The Hall–Kier alpha value is -1.68. The molecule has 0 aromatic heterocycles. The van der Waals surface area contributed by atoms with Gasteiger partial charge in [-0.05, 0) is 29.3 Å². The molecule has 0 atom stereocenters. The van der Waals surface area contributed by atoms with Crippen LogP contribution in [0.15, 0.2) is 40.9 Å². The molecular weight excluding hydrogens is 303 g/mol. The number of benzene rings is 2. The normalized spacial score (nSPS) is 12.9. The van der Waals surface area contributed by atoms with Crippen molar-refractivity contribution in [2.75, 3.05) is 0 Å². The first-order valence-corrected chi connectivity index (χ1v) is 6.93. The van der Waals surface area contributed by atoms with Crippen molar-refractivity contribution in [3.8, 4) is 11.1 Å². The van der Waals surface area contributed by atoms with Crippen molar-refractivity contribution in [2.45, 2.75) is 6.82 Å². The van der Waals surface area contributed by atoms with Crippen molar-refractivity contribution in [1.29, 1.82) is 0 Å². The Morgan fingerprint density at radius 2 is 1.42 bits per heavy atom. The lowest BCUT2D eigenvalue weighted by Gasteiger charge is -2.18. The molecule has 0 saturated heterocycles. The Kier molecular flexibility index (Phi) is 2.90. The maximum Gasteiger partial charge on any atom is 0.234 e. The Labute approximate surface area is 120 Å². The van der Waals surface area contributed by atoms with Crippen LogP contribution in [-0.2, 0) is 0 Å². The number of fused-ring (bicyclic) bond motifs is 3. The highest BCUT2D eigenvalue weighted by Crippen LogP contribution is 2.34. The van der Waals surface area contributed by atoms with E-state index in [4.69, 9.17) is 0 Å². The molecule has 0 unspecified atom stereocenters. The molecule has 0 aliphatic heterocycles. The van der Waals surface area contributed by atoms with E-state index in [0.717, 1.165) is 28.3 Å². The van der Waals surface area contributed by atoms with Crippen LogP contribution < -0.4 is 5.46 Å². The Balaban J connectivity index is 2.35. The van der Waals surface area contributed by atoms with Gasteiger partial charge in [0.1, 0.15) is 0 Å². The van der Waals surface area contributed by atoms with Crippen molar-refractivity contribution in [1.82, 2.24) is 0 Å². The number of rotatable bonds is 1. The summed E-state index contributed by atoms with van der Waals surface area (Å²) in [6.45, 7) is 2.07. The number of carbonyl (C=O) groups excluding carboxylic acids is 2. The molecule has 0 amide bonds. The highest BCUT2D eigenvalue weighted by atomic mass is 79.9. The van der Waals surface area contributed by atoms with E-state index < -0.39 is 11.6 Å². The van der Waals surface area contributed by atoms with Crippen molar-refractivity contribution < 1.29 is 9.59 Å². The molecule has 1 aliphatic rings. The second kappa shape index (κ2) is 4.46. The molecule has 0 N–H and O–H groups in total. The van der Waals surface area contributed by atoms with Crippen LogP contribution in [0.4, 0.5) is 0 Å². The average Bonchev–Trinajstić information content (AvgIpc) is 2.44. The zero-order chi connectivity index (χ0) is 13.6. The summed E-state index contributed by atoms with van der Waals surface area (Å²) in [5.41, 5.74) is 3.86. The van der Waals surface area contributed by atoms with Crippen LogP contribution in [-0.4, -0.2) is 18.8 Å². The van der Waals surface area contributed by atoms with Crippen LogP contribution in [0, 0.1) is 0 Å². The van der Waals surface area contributed by atoms with Crippen LogP contribution in [0.25, 0.3) is 11.1 Å². The molecule has 2 aromatic rings. The van der Waals surface area contributed by atoms with Gasteiger partial charge in [0.25, 0.3) is 0 Å². The topological polar surface area (TPSA) is 34.1 Å². The number of Topliss-reactive ketones (excluding diaryl/α,β-unsaturated/α-hetero) is 2. The number of hydrogen-bond donors (Lipinski definition) is 0. The molecule has 0 saturated carbocycles. The van der Waals surface area contributed by atoms with Gasteiger partial charge >= 0.3 is 0 Å². The van der Waals surface area contributed by atoms with Crippen LogP contribution in [0.3, 0.4) is 0 Å².